The van der Waals surface area contributed by atoms with Crippen molar-refractivity contribution >= 4 is 28.5 Å². The summed E-state index contributed by atoms with van der Waals surface area (Å²) in [5, 5.41) is 4.92. The van der Waals surface area contributed by atoms with Crippen molar-refractivity contribution < 1.29 is 14.4 Å². The molecular weight excluding hydrogens is 374 g/mol. The lowest BCUT2D eigenvalue weighted by Crippen LogP contribution is -2.42. The fraction of sp³-hybridized carbons (Fsp3) is 0.150. The van der Waals surface area contributed by atoms with Gasteiger partial charge in [0.25, 0.3) is 17.4 Å². The van der Waals surface area contributed by atoms with Gasteiger partial charge in [0, 0.05) is 23.1 Å². The summed E-state index contributed by atoms with van der Waals surface area (Å²) in [6, 6.07) is 12.3. The third-order valence-electron chi connectivity index (χ3n) is 4.24. The minimum Gasteiger partial charge on any atom is -0.366 e. The zero-order valence-electron chi connectivity index (χ0n) is 15.6. The molecule has 3 aromatic rings. The number of hydrogen-bond donors (Lipinski definition) is 3. The number of carbonyl (C=O) groups excluding carboxylic acids is 3. The van der Waals surface area contributed by atoms with E-state index in [2.05, 4.69) is 16.0 Å². The summed E-state index contributed by atoms with van der Waals surface area (Å²) >= 11 is 0. The maximum Gasteiger partial charge on any atom is 0.290 e. The highest BCUT2D eigenvalue weighted by Gasteiger charge is 2.17. The lowest BCUT2D eigenvalue weighted by molar-refractivity contribution is 0.0843. The lowest BCUT2D eigenvalue weighted by atomic mass is 10.1. The second-order valence-corrected chi connectivity index (χ2v) is 6.27. The maximum atomic E-state index is 12.6. The largest absolute Gasteiger partial charge is 0.366 e. The van der Waals surface area contributed by atoms with E-state index in [9.17, 15) is 19.2 Å². The van der Waals surface area contributed by atoms with E-state index in [1.807, 2.05) is 6.92 Å². The fourth-order valence-corrected chi connectivity index (χ4v) is 2.80. The molecule has 3 rings (SSSR count). The molecule has 0 radical (unpaired) electrons. The van der Waals surface area contributed by atoms with Crippen molar-refractivity contribution in [2.45, 2.75) is 19.9 Å². The molecule has 9 nitrogen and oxygen atoms in total. The molecule has 29 heavy (non-hydrogen) atoms. The van der Waals surface area contributed by atoms with Crippen LogP contribution in [0, 0.1) is 0 Å². The van der Waals surface area contributed by atoms with Gasteiger partial charge in [-0.15, -0.1) is 0 Å². The van der Waals surface area contributed by atoms with E-state index in [0.29, 0.717) is 23.7 Å². The summed E-state index contributed by atoms with van der Waals surface area (Å²) in [6.07, 6.45) is 0.671. The molecule has 0 unspecified atom stereocenters. The van der Waals surface area contributed by atoms with Gasteiger partial charge in [-0.1, -0.05) is 25.1 Å². The van der Waals surface area contributed by atoms with Gasteiger partial charge >= 0.3 is 0 Å². The Morgan fingerprint density at radius 1 is 0.931 bits per heavy atom. The number of rotatable bonds is 5. The van der Waals surface area contributed by atoms with Crippen molar-refractivity contribution in [3.05, 3.63) is 75.7 Å². The molecule has 0 bridgehead atoms. The van der Waals surface area contributed by atoms with Gasteiger partial charge in [0.05, 0.1) is 5.39 Å². The highest BCUT2D eigenvalue weighted by atomic mass is 16.2. The summed E-state index contributed by atoms with van der Waals surface area (Å²) in [5.74, 6) is -1.85. The molecule has 0 atom stereocenters. The number of hydrazine groups is 1. The Balaban J connectivity index is 1.82. The number of amides is 3. The summed E-state index contributed by atoms with van der Waals surface area (Å²) in [6.45, 7) is 2.26. The standard InChI is InChI=1S/C20H19N5O4/c1-2-11-25-20(29)15-6-4-3-5-14(15)16(24-25)19(28)23-22-18(27)13-9-7-12(8-10-13)17(21)26/h3-10H,2,11H2,1H3,(H2,21,26)(H,22,27)(H,23,28). The molecule has 1 aromatic heterocycles. The first kappa shape index (κ1) is 19.7. The Kier molecular flexibility index (Phi) is 5.68. The zero-order valence-corrected chi connectivity index (χ0v) is 15.6. The van der Waals surface area contributed by atoms with Crippen LogP contribution < -0.4 is 22.1 Å². The number of primary amides is 1. The summed E-state index contributed by atoms with van der Waals surface area (Å²) in [5.41, 5.74) is 10.0. The monoisotopic (exact) mass is 393 g/mol. The summed E-state index contributed by atoms with van der Waals surface area (Å²) < 4.78 is 1.24. The van der Waals surface area contributed by atoms with Crippen molar-refractivity contribution in [3.8, 4) is 0 Å². The molecule has 1 heterocycles. The van der Waals surface area contributed by atoms with Crippen LogP contribution in [0.25, 0.3) is 10.8 Å². The predicted molar refractivity (Wildman–Crippen MR) is 106 cm³/mol. The van der Waals surface area contributed by atoms with E-state index >= 15 is 0 Å². The van der Waals surface area contributed by atoms with Crippen LogP contribution in [0.3, 0.4) is 0 Å². The number of fused-ring (bicyclic) bond motifs is 1. The van der Waals surface area contributed by atoms with Gasteiger partial charge < -0.3 is 5.73 Å². The maximum absolute atomic E-state index is 12.6. The van der Waals surface area contributed by atoms with Crippen LogP contribution in [0.1, 0.15) is 44.5 Å². The van der Waals surface area contributed by atoms with Gasteiger partial charge in [-0.25, -0.2) is 4.68 Å². The topological polar surface area (TPSA) is 136 Å². The van der Waals surface area contributed by atoms with Gasteiger partial charge in [-0.05, 0) is 36.8 Å². The van der Waals surface area contributed by atoms with Gasteiger partial charge in [0.2, 0.25) is 5.91 Å². The highest BCUT2D eigenvalue weighted by Crippen LogP contribution is 2.13. The molecule has 4 N–H and O–H groups in total. The molecule has 0 saturated heterocycles. The first-order valence-electron chi connectivity index (χ1n) is 8.92. The van der Waals surface area contributed by atoms with E-state index < -0.39 is 17.7 Å². The number of hydrogen-bond acceptors (Lipinski definition) is 5. The molecule has 2 aromatic carbocycles. The van der Waals surface area contributed by atoms with Crippen molar-refractivity contribution in [1.29, 1.82) is 0 Å². The van der Waals surface area contributed by atoms with Gasteiger partial charge in [-0.2, -0.15) is 5.10 Å². The number of aromatic nitrogens is 2. The second kappa shape index (κ2) is 8.34. The van der Waals surface area contributed by atoms with E-state index in [1.165, 1.54) is 28.9 Å². The van der Waals surface area contributed by atoms with Crippen molar-refractivity contribution in [1.82, 2.24) is 20.6 Å². The Labute approximate surface area is 165 Å². The van der Waals surface area contributed by atoms with Crippen LogP contribution in [0.4, 0.5) is 0 Å². The number of nitrogens with one attached hydrogen (secondary N) is 2. The number of aryl methyl sites for hydroxylation is 1. The number of benzene rings is 2. The van der Waals surface area contributed by atoms with Crippen molar-refractivity contribution in [2.24, 2.45) is 5.73 Å². The minimum atomic E-state index is -0.659. The second-order valence-electron chi connectivity index (χ2n) is 6.27. The number of nitrogens with zero attached hydrogens (tertiary/aromatic N) is 2. The molecule has 0 aliphatic heterocycles. The molecule has 0 fully saturated rings. The number of carbonyl (C=O) groups is 3. The van der Waals surface area contributed by atoms with E-state index in [1.54, 1.807) is 24.3 Å². The molecule has 0 aliphatic carbocycles. The molecule has 0 saturated carbocycles. The molecule has 9 heteroatoms. The van der Waals surface area contributed by atoms with Crippen LogP contribution >= 0.6 is 0 Å². The van der Waals surface area contributed by atoms with Gasteiger partial charge in [0.15, 0.2) is 5.69 Å². The molecular formula is C20H19N5O4. The zero-order chi connectivity index (χ0) is 21.0. The first-order chi connectivity index (χ1) is 13.9. The van der Waals surface area contributed by atoms with Crippen LogP contribution in [-0.4, -0.2) is 27.5 Å². The fourth-order valence-electron chi connectivity index (χ4n) is 2.80. The van der Waals surface area contributed by atoms with Crippen LogP contribution in [-0.2, 0) is 6.54 Å². The van der Waals surface area contributed by atoms with E-state index in [-0.39, 0.29) is 22.4 Å². The van der Waals surface area contributed by atoms with Crippen molar-refractivity contribution in [2.75, 3.05) is 0 Å². The van der Waals surface area contributed by atoms with Gasteiger partial charge in [0.1, 0.15) is 0 Å². The van der Waals surface area contributed by atoms with Crippen LogP contribution in [0.15, 0.2) is 53.3 Å². The quantitative estimate of drug-likeness (QED) is 0.555. The third-order valence-corrected chi connectivity index (χ3v) is 4.24. The Hall–Kier alpha value is -4.01. The SMILES string of the molecule is CCCn1nc(C(=O)NNC(=O)c2ccc(C(N)=O)cc2)c2ccccc2c1=O. The van der Waals surface area contributed by atoms with E-state index in [0.717, 1.165) is 0 Å². The van der Waals surface area contributed by atoms with Gasteiger partial charge in [-0.3, -0.25) is 30.0 Å². The molecule has 0 spiro atoms. The number of nitrogens with two attached hydrogens (primary N) is 1. The van der Waals surface area contributed by atoms with Crippen LogP contribution in [0.5, 0.6) is 0 Å². The van der Waals surface area contributed by atoms with Crippen LogP contribution in [0.2, 0.25) is 0 Å². The highest BCUT2D eigenvalue weighted by molar-refractivity contribution is 6.06. The third kappa shape index (κ3) is 4.13. The minimum absolute atomic E-state index is 0.0260. The summed E-state index contributed by atoms with van der Waals surface area (Å²) in [4.78, 5) is 48.5. The lowest BCUT2D eigenvalue weighted by Gasteiger charge is -2.11. The Bertz CT molecular complexity index is 1150. The molecule has 148 valence electrons. The first-order valence-corrected chi connectivity index (χ1v) is 8.92. The molecule has 3 amide bonds. The average Bonchev–Trinajstić information content (AvgIpc) is 2.74. The Morgan fingerprint density at radius 2 is 1.52 bits per heavy atom. The van der Waals surface area contributed by atoms with Crippen molar-refractivity contribution in [3.63, 3.8) is 0 Å². The summed E-state index contributed by atoms with van der Waals surface area (Å²) in [7, 11) is 0. The Morgan fingerprint density at radius 3 is 2.14 bits per heavy atom. The van der Waals surface area contributed by atoms with E-state index in [4.69, 9.17) is 5.73 Å². The predicted octanol–water partition coefficient (Wildman–Crippen LogP) is 0.980. The normalized spacial score (nSPS) is 10.5. The molecule has 0 aliphatic rings. The smallest absolute Gasteiger partial charge is 0.290 e. The average molecular weight is 393 g/mol.